The van der Waals surface area contributed by atoms with E-state index in [2.05, 4.69) is 15.5 Å². The lowest BCUT2D eigenvalue weighted by atomic mass is 10.2. The Kier molecular flexibility index (Phi) is 3.30. The average molecular weight is 229 g/mol. The van der Waals surface area contributed by atoms with Crippen LogP contribution in [0.1, 0.15) is 16.9 Å². The van der Waals surface area contributed by atoms with Gasteiger partial charge in [0.05, 0.1) is 6.42 Å². The molecule has 1 aromatic carbocycles. The summed E-state index contributed by atoms with van der Waals surface area (Å²) in [6.45, 7) is 0. The van der Waals surface area contributed by atoms with Crippen molar-refractivity contribution in [3.05, 3.63) is 48.3 Å². The minimum Gasteiger partial charge on any atom is -0.326 e. The average Bonchev–Trinajstić information content (AvgIpc) is 2.83. The van der Waals surface area contributed by atoms with Crippen molar-refractivity contribution < 1.29 is 9.59 Å². The SMILES string of the molecule is O=C(CC(=O)c1cc[nH]n1)Nc1ccccc1. The standard InChI is InChI=1S/C12H11N3O2/c16-11(10-6-7-13-15-10)8-12(17)14-9-4-2-1-3-5-9/h1-7H,8H2,(H,13,15)(H,14,17). The monoisotopic (exact) mass is 229 g/mol. The number of para-hydroxylation sites is 1. The van der Waals surface area contributed by atoms with Crippen LogP contribution >= 0.6 is 0 Å². The van der Waals surface area contributed by atoms with Gasteiger partial charge >= 0.3 is 0 Å². The predicted octanol–water partition coefficient (Wildman–Crippen LogP) is 1.62. The van der Waals surface area contributed by atoms with Crippen molar-refractivity contribution in [1.29, 1.82) is 0 Å². The van der Waals surface area contributed by atoms with Gasteiger partial charge in [0, 0.05) is 11.9 Å². The highest BCUT2D eigenvalue weighted by Gasteiger charge is 2.13. The Morgan fingerprint density at radius 3 is 2.59 bits per heavy atom. The highest BCUT2D eigenvalue weighted by atomic mass is 16.2. The van der Waals surface area contributed by atoms with E-state index in [1.807, 2.05) is 18.2 Å². The number of nitrogens with one attached hydrogen (secondary N) is 2. The molecule has 17 heavy (non-hydrogen) atoms. The van der Waals surface area contributed by atoms with Crippen LogP contribution < -0.4 is 5.32 Å². The maximum Gasteiger partial charge on any atom is 0.232 e. The molecule has 0 saturated carbocycles. The minimum absolute atomic E-state index is 0.209. The largest absolute Gasteiger partial charge is 0.326 e. The summed E-state index contributed by atoms with van der Waals surface area (Å²) in [6, 6.07) is 10.5. The number of Topliss-reactive ketones (excluding diaryl/α,β-unsaturated/α-hetero) is 1. The fourth-order valence-electron chi connectivity index (χ4n) is 1.38. The Hall–Kier alpha value is -2.43. The number of hydrogen-bond acceptors (Lipinski definition) is 3. The summed E-state index contributed by atoms with van der Waals surface area (Å²) in [7, 11) is 0. The van der Waals surface area contributed by atoms with E-state index in [0.717, 1.165) is 0 Å². The number of hydrogen-bond donors (Lipinski definition) is 2. The molecule has 1 heterocycles. The molecule has 0 fully saturated rings. The third-order valence-electron chi connectivity index (χ3n) is 2.17. The number of carbonyl (C=O) groups excluding carboxylic acids is 2. The highest BCUT2D eigenvalue weighted by molar-refractivity contribution is 6.10. The van der Waals surface area contributed by atoms with Crippen LogP contribution in [0.2, 0.25) is 0 Å². The normalized spacial score (nSPS) is 9.88. The van der Waals surface area contributed by atoms with Crippen LogP contribution in [0.4, 0.5) is 5.69 Å². The number of anilines is 1. The lowest BCUT2D eigenvalue weighted by Crippen LogP contribution is -2.16. The summed E-state index contributed by atoms with van der Waals surface area (Å²) in [5.41, 5.74) is 0.945. The quantitative estimate of drug-likeness (QED) is 0.618. The highest BCUT2D eigenvalue weighted by Crippen LogP contribution is 2.06. The minimum atomic E-state index is -0.343. The summed E-state index contributed by atoms with van der Waals surface area (Å²) >= 11 is 0. The van der Waals surface area contributed by atoms with Gasteiger partial charge in [-0.25, -0.2) is 0 Å². The predicted molar refractivity (Wildman–Crippen MR) is 62.6 cm³/mol. The van der Waals surface area contributed by atoms with Crippen LogP contribution in [0.15, 0.2) is 42.6 Å². The van der Waals surface area contributed by atoms with E-state index in [0.29, 0.717) is 5.69 Å². The molecule has 2 N–H and O–H groups in total. The van der Waals surface area contributed by atoms with Gasteiger partial charge in [0.1, 0.15) is 5.69 Å². The first-order valence-corrected chi connectivity index (χ1v) is 5.13. The fraction of sp³-hybridized carbons (Fsp3) is 0.0833. The second-order valence-corrected chi connectivity index (χ2v) is 3.47. The summed E-state index contributed by atoms with van der Waals surface area (Å²) < 4.78 is 0. The molecule has 0 spiro atoms. The van der Waals surface area contributed by atoms with Gasteiger partial charge in [-0.1, -0.05) is 18.2 Å². The summed E-state index contributed by atoms with van der Waals surface area (Å²) in [6.07, 6.45) is 1.34. The number of amides is 1. The van der Waals surface area contributed by atoms with E-state index in [1.165, 1.54) is 6.07 Å². The Morgan fingerprint density at radius 2 is 1.94 bits per heavy atom. The van der Waals surface area contributed by atoms with Crippen molar-refractivity contribution in [2.75, 3.05) is 5.32 Å². The van der Waals surface area contributed by atoms with Gasteiger partial charge in [-0.15, -0.1) is 0 Å². The van der Waals surface area contributed by atoms with Crippen LogP contribution in [0.25, 0.3) is 0 Å². The van der Waals surface area contributed by atoms with Crippen LogP contribution in [0.3, 0.4) is 0 Å². The van der Waals surface area contributed by atoms with Crippen LogP contribution in [0.5, 0.6) is 0 Å². The number of carbonyl (C=O) groups is 2. The van der Waals surface area contributed by atoms with Gasteiger partial charge in [-0.05, 0) is 18.2 Å². The molecule has 0 bridgehead atoms. The third kappa shape index (κ3) is 3.01. The van der Waals surface area contributed by atoms with Crippen LogP contribution in [-0.2, 0) is 4.79 Å². The Balaban J connectivity index is 1.92. The summed E-state index contributed by atoms with van der Waals surface area (Å²) in [4.78, 5) is 23.1. The van der Waals surface area contributed by atoms with Crippen molar-refractivity contribution >= 4 is 17.4 Å². The molecule has 0 aliphatic rings. The van der Waals surface area contributed by atoms with Crippen LogP contribution in [-0.4, -0.2) is 21.9 Å². The molecule has 0 unspecified atom stereocenters. The zero-order valence-corrected chi connectivity index (χ0v) is 9.01. The van der Waals surface area contributed by atoms with Crippen molar-refractivity contribution in [2.45, 2.75) is 6.42 Å². The molecule has 0 atom stereocenters. The van der Waals surface area contributed by atoms with Gasteiger partial charge in [-0.2, -0.15) is 5.10 Å². The molecule has 5 nitrogen and oxygen atoms in total. The van der Waals surface area contributed by atoms with Crippen molar-refractivity contribution in [1.82, 2.24) is 10.2 Å². The number of nitrogens with zero attached hydrogens (tertiary/aromatic N) is 1. The van der Waals surface area contributed by atoms with Gasteiger partial charge < -0.3 is 5.32 Å². The van der Waals surface area contributed by atoms with E-state index in [4.69, 9.17) is 0 Å². The van der Waals surface area contributed by atoms with Crippen molar-refractivity contribution in [3.63, 3.8) is 0 Å². The number of benzene rings is 1. The first kappa shape index (κ1) is 11.1. The molecule has 0 aliphatic heterocycles. The number of ketones is 1. The number of rotatable bonds is 4. The first-order chi connectivity index (χ1) is 8.25. The smallest absolute Gasteiger partial charge is 0.232 e. The van der Waals surface area contributed by atoms with E-state index >= 15 is 0 Å². The second-order valence-electron chi connectivity index (χ2n) is 3.47. The van der Waals surface area contributed by atoms with E-state index in [9.17, 15) is 9.59 Å². The molecular formula is C12H11N3O2. The molecule has 2 rings (SSSR count). The summed E-state index contributed by atoms with van der Waals surface area (Å²) in [5.74, 6) is -0.649. The first-order valence-electron chi connectivity index (χ1n) is 5.13. The summed E-state index contributed by atoms with van der Waals surface area (Å²) in [5, 5.41) is 8.89. The Bertz CT molecular complexity index is 506. The maximum absolute atomic E-state index is 11.6. The van der Waals surface area contributed by atoms with Gasteiger partial charge in [0.15, 0.2) is 5.78 Å². The molecule has 0 aliphatic carbocycles. The zero-order chi connectivity index (χ0) is 12.1. The van der Waals surface area contributed by atoms with Crippen LogP contribution in [0, 0.1) is 0 Å². The molecule has 1 aromatic heterocycles. The zero-order valence-electron chi connectivity index (χ0n) is 9.01. The molecule has 2 aromatic rings. The topological polar surface area (TPSA) is 74.8 Å². The lowest BCUT2D eigenvalue weighted by molar-refractivity contribution is -0.115. The Labute approximate surface area is 97.9 Å². The van der Waals surface area contributed by atoms with E-state index in [-0.39, 0.29) is 23.8 Å². The third-order valence-corrected chi connectivity index (χ3v) is 2.17. The molecule has 0 radical (unpaired) electrons. The second kappa shape index (κ2) is 5.07. The van der Waals surface area contributed by atoms with E-state index in [1.54, 1.807) is 18.3 Å². The van der Waals surface area contributed by atoms with Gasteiger partial charge in [0.2, 0.25) is 5.91 Å². The van der Waals surface area contributed by atoms with E-state index < -0.39 is 0 Å². The van der Waals surface area contributed by atoms with Gasteiger partial charge in [0.25, 0.3) is 0 Å². The maximum atomic E-state index is 11.6. The number of aromatic amines is 1. The molecular weight excluding hydrogens is 218 g/mol. The van der Waals surface area contributed by atoms with Crippen molar-refractivity contribution in [2.24, 2.45) is 0 Å². The molecule has 0 saturated heterocycles. The number of aromatic nitrogens is 2. The van der Waals surface area contributed by atoms with Crippen molar-refractivity contribution in [3.8, 4) is 0 Å². The number of H-pyrrole nitrogens is 1. The fourth-order valence-corrected chi connectivity index (χ4v) is 1.38. The lowest BCUT2D eigenvalue weighted by Gasteiger charge is -2.03. The molecule has 86 valence electrons. The Morgan fingerprint density at radius 1 is 1.18 bits per heavy atom. The van der Waals surface area contributed by atoms with Gasteiger partial charge in [-0.3, -0.25) is 14.7 Å². The molecule has 1 amide bonds. The molecule has 5 heteroatoms.